The summed E-state index contributed by atoms with van der Waals surface area (Å²) in [4.78, 5) is 11.4. The Kier molecular flexibility index (Phi) is 2.15. The van der Waals surface area contributed by atoms with Gasteiger partial charge in [-0.1, -0.05) is 6.07 Å². The van der Waals surface area contributed by atoms with Gasteiger partial charge in [-0.05, 0) is 31.5 Å². The van der Waals surface area contributed by atoms with Crippen LogP contribution in [0.15, 0.2) is 18.2 Å². The molecule has 0 fully saturated rings. The maximum Gasteiger partial charge on any atom is 0.226 e. The first-order valence-corrected chi connectivity index (χ1v) is 4.82. The van der Waals surface area contributed by atoms with Gasteiger partial charge in [0.05, 0.1) is 11.4 Å². The number of carbonyl (C=O) groups is 1. The van der Waals surface area contributed by atoms with Crippen molar-refractivity contribution in [2.24, 2.45) is 0 Å². The quantitative estimate of drug-likeness (QED) is 0.658. The molecule has 1 aliphatic heterocycles. The molecule has 1 unspecified atom stereocenters. The molecule has 1 atom stereocenters. The molecule has 0 saturated carbocycles. The van der Waals surface area contributed by atoms with Gasteiger partial charge < -0.3 is 10.6 Å². The number of rotatable bonds is 0. The molecule has 1 aromatic carbocycles. The highest BCUT2D eigenvalue weighted by atomic mass is 16.1. The van der Waals surface area contributed by atoms with Crippen molar-refractivity contribution in [1.29, 1.82) is 0 Å². The van der Waals surface area contributed by atoms with Gasteiger partial charge in [-0.25, -0.2) is 0 Å². The second-order valence-electron chi connectivity index (χ2n) is 3.85. The molecular formula is C11H14N2O. The van der Waals surface area contributed by atoms with Crippen LogP contribution in [-0.2, 0) is 4.79 Å². The van der Waals surface area contributed by atoms with Crippen LogP contribution in [0.3, 0.4) is 0 Å². The van der Waals surface area contributed by atoms with E-state index in [0.717, 1.165) is 11.4 Å². The van der Waals surface area contributed by atoms with Crippen molar-refractivity contribution in [3.8, 4) is 0 Å². The molecule has 3 nitrogen and oxygen atoms in total. The van der Waals surface area contributed by atoms with Crippen LogP contribution in [-0.4, -0.2) is 11.9 Å². The largest absolute Gasteiger partial charge is 0.380 e. The normalized spacial score (nSPS) is 20.4. The number of nitrogens with one attached hydrogen (secondary N) is 2. The summed E-state index contributed by atoms with van der Waals surface area (Å²) in [5, 5.41) is 6.19. The zero-order valence-electron chi connectivity index (χ0n) is 8.42. The Labute approximate surface area is 83.5 Å². The first kappa shape index (κ1) is 9.06. The van der Waals surface area contributed by atoms with Crippen LogP contribution < -0.4 is 10.6 Å². The summed E-state index contributed by atoms with van der Waals surface area (Å²) >= 11 is 0. The van der Waals surface area contributed by atoms with Crippen molar-refractivity contribution in [3.63, 3.8) is 0 Å². The van der Waals surface area contributed by atoms with Crippen molar-refractivity contribution < 1.29 is 4.79 Å². The number of anilines is 2. The highest BCUT2D eigenvalue weighted by Crippen LogP contribution is 2.26. The molecule has 2 N–H and O–H groups in total. The molecule has 14 heavy (non-hydrogen) atoms. The maximum atomic E-state index is 11.4. The molecule has 1 aliphatic rings. The van der Waals surface area contributed by atoms with Crippen LogP contribution in [0, 0.1) is 6.92 Å². The minimum absolute atomic E-state index is 0.0765. The van der Waals surface area contributed by atoms with E-state index in [1.165, 1.54) is 5.56 Å². The lowest BCUT2D eigenvalue weighted by atomic mass is 10.2. The molecule has 0 aliphatic carbocycles. The summed E-state index contributed by atoms with van der Waals surface area (Å²) in [6.45, 7) is 4.05. The Hall–Kier alpha value is -1.51. The van der Waals surface area contributed by atoms with Crippen LogP contribution in [0.4, 0.5) is 11.4 Å². The first-order chi connectivity index (χ1) is 6.65. The van der Waals surface area contributed by atoms with Gasteiger partial charge in [0.25, 0.3) is 0 Å². The van der Waals surface area contributed by atoms with Gasteiger partial charge in [0, 0.05) is 12.5 Å². The Balaban J connectivity index is 2.41. The van der Waals surface area contributed by atoms with E-state index in [2.05, 4.69) is 16.7 Å². The fourth-order valence-corrected chi connectivity index (χ4v) is 1.68. The highest BCUT2D eigenvalue weighted by Gasteiger charge is 2.16. The SMILES string of the molecule is Cc1ccc2c(c1)NC(C)CC(=O)N2. The van der Waals surface area contributed by atoms with Crippen LogP contribution in [0.25, 0.3) is 0 Å². The zero-order valence-corrected chi connectivity index (χ0v) is 8.42. The third kappa shape index (κ3) is 1.71. The van der Waals surface area contributed by atoms with Crippen molar-refractivity contribution in [1.82, 2.24) is 0 Å². The van der Waals surface area contributed by atoms with E-state index in [-0.39, 0.29) is 11.9 Å². The monoisotopic (exact) mass is 190 g/mol. The third-order valence-electron chi connectivity index (χ3n) is 2.34. The lowest BCUT2D eigenvalue weighted by Gasteiger charge is -2.11. The number of benzene rings is 1. The Bertz CT molecular complexity index is 374. The van der Waals surface area contributed by atoms with Crippen LogP contribution >= 0.6 is 0 Å². The zero-order chi connectivity index (χ0) is 10.1. The maximum absolute atomic E-state index is 11.4. The number of hydrogen-bond acceptors (Lipinski definition) is 2. The van der Waals surface area contributed by atoms with E-state index in [1.54, 1.807) is 0 Å². The Morgan fingerprint density at radius 3 is 2.93 bits per heavy atom. The van der Waals surface area contributed by atoms with E-state index in [9.17, 15) is 4.79 Å². The molecule has 74 valence electrons. The molecular weight excluding hydrogens is 176 g/mol. The number of amides is 1. The van der Waals surface area contributed by atoms with Gasteiger partial charge >= 0.3 is 0 Å². The molecule has 1 aromatic rings. The first-order valence-electron chi connectivity index (χ1n) is 4.82. The molecule has 0 spiro atoms. The predicted molar refractivity (Wildman–Crippen MR) is 57.5 cm³/mol. The smallest absolute Gasteiger partial charge is 0.226 e. The molecule has 0 saturated heterocycles. The van der Waals surface area contributed by atoms with E-state index >= 15 is 0 Å². The number of carbonyl (C=O) groups excluding carboxylic acids is 1. The highest BCUT2D eigenvalue weighted by molar-refractivity contribution is 5.96. The molecule has 1 amide bonds. The summed E-state index contributed by atoms with van der Waals surface area (Å²) in [5.41, 5.74) is 3.09. The summed E-state index contributed by atoms with van der Waals surface area (Å²) in [6, 6.07) is 6.18. The van der Waals surface area contributed by atoms with Gasteiger partial charge in [-0.15, -0.1) is 0 Å². The Morgan fingerprint density at radius 1 is 1.36 bits per heavy atom. The van der Waals surface area contributed by atoms with Gasteiger partial charge in [-0.2, -0.15) is 0 Å². The van der Waals surface area contributed by atoms with Crippen LogP contribution in [0.2, 0.25) is 0 Å². The molecule has 2 rings (SSSR count). The van der Waals surface area contributed by atoms with Gasteiger partial charge in [0.2, 0.25) is 5.91 Å². The standard InChI is InChI=1S/C11H14N2O/c1-7-3-4-9-10(5-7)12-8(2)6-11(14)13-9/h3-5,8,12H,6H2,1-2H3,(H,13,14). The van der Waals surface area contributed by atoms with Crippen LogP contribution in [0.1, 0.15) is 18.9 Å². The van der Waals surface area contributed by atoms with Crippen molar-refractivity contribution in [2.45, 2.75) is 26.3 Å². The van der Waals surface area contributed by atoms with Crippen molar-refractivity contribution in [2.75, 3.05) is 10.6 Å². The van der Waals surface area contributed by atoms with E-state index in [4.69, 9.17) is 0 Å². The predicted octanol–water partition coefficient (Wildman–Crippen LogP) is 2.14. The fraction of sp³-hybridized carbons (Fsp3) is 0.364. The van der Waals surface area contributed by atoms with Crippen LogP contribution in [0.5, 0.6) is 0 Å². The lowest BCUT2D eigenvalue weighted by Crippen LogP contribution is -2.18. The second kappa shape index (κ2) is 3.33. The molecule has 3 heteroatoms. The minimum Gasteiger partial charge on any atom is -0.380 e. The number of fused-ring (bicyclic) bond motifs is 1. The van der Waals surface area contributed by atoms with E-state index in [1.807, 2.05) is 26.0 Å². The number of hydrogen-bond donors (Lipinski definition) is 2. The molecule has 0 bridgehead atoms. The Morgan fingerprint density at radius 2 is 2.14 bits per heavy atom. The van der Waals surface area contributed by atoms with Gasteiger partial charge in [-0.3, -0.25) is 4.79 Å². The second-order valence-corrected chi connectivity index (χ2v) is 3.85. The number of aryl methyl sites for hydroxylation is 1. The average molecular weight is 190 g/mol. The average Bonchev–Trinajstić information content (AvgIpc) is 2.21. The summed E-state index contributed by atoms with van der Waals surface area (Å²) in [6.07, 6.45) is 0.522. The van der Waals surface area contributed by atoms with Crippen molar-refractivity contribution in [3.05, 3.63) is 23.8 Å². The lowest BCUT2D eigenvalue weighted by molar-refractivity contribution is -0.116. The van der Waals surface area contributed by atoms with E-state index in [0.29, 0.717) is 6.42 Å². The van der Waals surface area contributed by atoms with Gasteiger partial charge in [0.15, 0.2) is 0 Å². The summed E-state index contributed by atoms with van der Waals surface area (Å²) in [5.74, 6) is 0.0765. The third-order valence-corrected chi connectivity index (χ3v) is 2.34. The summed E-state index contributed by atoms with van der Waals surface area (Å²) < 4.78 is 0. The topological polar surface area (TPSA) is 41.1 Å². The minimum atomic E-state index is 0.0765. The fourth-order valence-electron chi connectivity index (χ4n) is 1.68. The summed E-state index contributed by atoms with van der Waals surface area (Å²) in [7, 11) is 0. The molecule has 1 heterocycles. The molecule has 0 aromatic heterocycles. The van der Waals surface area contributed by atoms with Gasteiger partial charge in [0.1, 0.15) is 0 Å². The molecule has 0 radical (unpaired) electrons. The van der Waals surface area contributed by atoms with Crippen molar-refractivity contribution >= 4 is 17.3 Å². The van der Waals surface area contributed by atoms with E-state index < -0.39 is 0 Å².